The highest BCUT2D eigenvalue weighted by Gasteiger charge is 2.27. The maximum Gasteiger partial charge on any atom is 0.256 e. The molecule has 1 aromatic carbocycles. The zero-order chi connectivity index (χ0) is 21.3. The molecule has 2 heterocycles. The standard InChI is InChI=1S/C22H23N3O5/c1-12-19(22(28)25-17(10-26)21(23)27)16-9-15(6-7-18(16)30-12)29-11-14-3-2-8-24-20(14)13-4-5-13/h2-3,6-9,13,17,26H,4-5,10-11H2,1H3,(H2,23,27)(H,25,28)/t17-/m0/s1. The van der Waals surface area contributed by atoms with E-state index in [0.29, 0.717) is 35.0 Å². The minimum Gasteiger partial charge on any atom is -0.489 e. The molecule has 0 aliphatic heterocycles. The molecular formula is C22H23N3O5. The van der Waals surface area contributed by atoms with Crippen LogP contribution in [0.5, 0.6) is 5.75 Å². The Bertz CT molecular complexity index is 1100. The smallest absolute Gasteiger partial charge is 0.256 e. The van der Waals surface area contributed by atoms with Crippen molar-refractivity contribution < 1.29 is 23.8 Å². The minimum atomic E-state index is -1.17. The van der Waals surface area contributed by atoms with Crippen LogP contribution >= 0.6 is 0 Å². The van der Waals surface area contributed by atoms with Crippen LogP contribution in [0.2, 0.25) is 0 Å². The average Bonchev–Trinajstić information content (AvgIpc) is 3.52. The van der Waals surface area contributed by atoms with Crippen LogP contribution in [0.15, 0.2) is 40.9 Å². The summed E-state index contributed by atoms with van der Waals surface area (Å²) in [5.74, 6) is 0.122. The first-order valence-electron chi connectivity index (χ1n) is 9.78. The lowest BCUT2D eigenvalue weighted by molar-refractivity contribution is -0.120. The largest absolute Gasteiger partial charge is 0.489 e. The molecule has 1 aliphatic carbocycles. The summed E-state index contributed by atoms with van der Waals surface area (Å²) in [7, 11) is 0. The number of hydrogen-bond acceptors (Lipinski definition) is 6. The minimum absolute atomic E-state index is 0.273. The third-order valence-corrected chi connectivity index (χ3v) is 5.18. The van der Waals surface area contributed by atoms with E-state index in [2.05, 4.69) is 10.3 Å². The van der Waals surface area contributed by atoms with Crippen molar-refractivity contribution in [3.05, 3.63) is 59.1 Å². The fourth-order valence-electron chi connectivity index (χ4n) is 3.47. The van der Waals surface area contributed by atoms with E-state index in [1.807, 2.05) is 12.1 Å². The molecule has 8 heteroatoms. The Morgan fingerprint density at radius 2 is 2.17 bits per heavy atom. The Morgan fingerprint density at radius 3 is 2.87 bits per heavy atom. The van der Waals surface area contributed by atoms with E-state index in [-0.39, 0.29) is 5.56 Å². The molecule has 0 spiro atoms. The molecule has 0 radical (unpaired) electrons. The van der Waals surface area contributed by atoms with Crippen LogP contribution in [0.3, 0.4) is 0 Å². The molecule has 2 amide bonds. The van der Waals surface area contributed by atoms with E-state index in [0.717, 1.165) is 24.1 Å². The summed E-state index contributed by atoms with van der Waals surface area (Å²) in [5, 5.41) is 12.2. The maximum absolute atomic E-state index is 12.7. The van der Waals surface area contributed by atoms with Crippen LogP contribution in [-0.2, 0) is 11.4 Å². The Labute approximate surface area is 173 Å². The number of ether oxygens (including phenoxy) is 1. The number of carbonyl (C=O) groups is 2. The van der Waals surface area contributed by atoms with Gasteiger partial charge in [0, 0.05) is 23.1 Å². The number of pyridine rings is 1. The van der Waals surface area contributed by atoms with Gasteiger partial charge in [0.2, 0.25) is 5.91 Å². The molecule has 3 aromatic rings. The van der Waals surface area contributed by atoms with Gasteiger partial charge in [0.1, 0.15) is 29.7 Å². The normalized spacial score (nSPS) is 14.5. The van der Waals surface area contributed by atoms with E-state index in [9.17, 15) is 14.7 Å². The van der Waals surface area contributed by atoms with Gasteiger partial charge in [-0.05, 0) is 44.0 Å². The molecule has 0 saturated heterocycles. The first-order valence-corrected chi connectivity index (χ1v) is 9.78. The van der Waals surface area contributed by atoms with E-state index < -0.39 is 24.5 Å². The Balaban J connectivity index is 1.57. The molecule has 156 valence electrons. The first-order chi connectivity index (χ1) is 14.5. The number of aliphatic hydroxyl groups is 1. The summed E-state index contributed by atoms with van der Waals surface area (Å²) in [6, 6.07) is 7.97. The van der Waals surface area contributed by atoms with Gasteiger partial charge in [-0.2, -0.15) is 0 Å². The first kappa shape index (κ1) is 19.9. The molecule has 1 aliphatic rings. The monoisotopic (exact) mass is 409 g/mol. The number of amides is 2. The fraction of sp³-hybridized carbons (Fsp3) is 0.318. The molecule has 4 rings (SSSR count). The number of furan rings is 1. The van der Waals surface area contributed by atoms with Gasteiger partial charge in [-0.15, -0.1) is 0 Å². The van der Waals surface area contributed by atoms with Crippen molar-refractivity contribution in [2.75, 3.05) is 6.61 Å². The molecule has 2 aromatic heterocycles. The fourth-order valence-corrected chi connectivity index (χ4v) is 3.47. The number of fused-ring (bicyclic) bond motifs is 1. The van der Waals surface area contributed by atoms with Crippen LogP contribution in [-0.4, -0.2) is 34.6 Å². The van der Waals surface area contributed by atoms with Crippen LogP contribution in [0.1, 0.15) is 46.1 Å². The maximum atomic E-state index is 12.7. The van der Waals surface area contributed by atoms with Crippen molar-refractivity contribution in [1.29, 1.82) is 0 Å². The highest BCUT2D eigenvalue weighted by atomic mass is 16.5. The SMILES string of the molecule is Cc1oc2ccc(OCc3cccnc3C3CC3)cc2c1C(=O)N[C@@H](CO)C(N)=O. The van der Waals surface area contributed by atoms with Gasteiger partial charge < -0.3 is 25.3 Å². The van der Waals surface area contributed by atoms with Gasteiger partial charge in [0.25, 0.3) is 5.91 Å². The van der Waals surface area contributed by atoms with Crippen LogP contribution < -0.4 is 15.8 Å². The predicted octanol–water partition coefficient (Wildman–Crippen LogP) is 2.17. The summed E-state index contributed by atoms with van der Waals surface area (Å²) in [4.78, 5) is 28.5. The van der Waals surface area contributed by atoms with E-state index >= 15 is 0 Å². The van der Waals surface area contributed by atoms with Crippen molar-refractivity contribution in [2.45, 2.75) is 38.3 Å². The predicted molar refractivity (Wildman–Crippen MR) is 109 cm³/mol. The lowest BCUT2D eigenvalue weighted by atomic mass is 10.1. The molecule has 8 nitrogen and oxygen atoms in total. The highest BCUT2D eigenvalue weighted by molar-refractivity contribution is 6.08. The third-order valence-electron chi connectivity index (χ3n) is 5.18. The second-order valence-electron chi connectivity index (χ2n) is 7.41. The van der Waals surface area contributed by atoms with Gasteiger partial charge >= 0.3 is 0 Å². The Morgan fingerprint density at radius 1 is 1.37 bits per heavy atom. The van der Waals surface area contributed by atoms with E-state index in [1.54, 1.807) is 31.3 Å². The van der Waals surface area contributed by atoms with E-state index in [1.165, 1.54) is 0 Å². The van der Waals surface area contributed by atoms with Crippen molar-refractivity contribution in [1.82, 2.24) is 10.3 Å². The summed E-state index contributed by atoms with van der Waals surface area (Å²) < 4.78 is 11.6. The zero-order valence-electron chi connectivity index (χ0n) is 16.6. The number of aromatic nitrogens is 1. The van der Waals surface area contributed by atoms with Crippen molar-refractivity contribution in [3.8, 4) is 5.75 Å². The summed E-state index contributed by atoms with van der Waals surface area (Å²) >= 11 is 0. The number of hydrogen-bond donors (Lipinski definition) is 3. The number of nitrogens with one attached hydrogen (secondary N) is 1. The number of primary amides is 1. The zero-order valence-corrected chi connectivity index (χ0v) is 16.6. The van der Waals surface area contributed by atoms with Gasteiger partial charge in [-0.1, -0.05) is 6.07 Å². The van der Waals surface area contributed by atoms with Gasteiger partial charge in [-0.3, -0.25) is 14.6 Å². The molecule has 1 fully saturated rings. The molecule has 4 N–H and O–H groups in total. The molecule has 0 unspecified atom stereocenters. The molecule has 1 saturated carbocycles. The second kappa shape index (κ2) is 8.16. The van der Waals surface area contributed by atoms with Crippen molar-refractivity contribution in [2.24, 2.45) is 5.73 Å². The topological polar surface area (TPSA) is 128 Å². The van der Waals surface area contributed by atoms with E-state index in [4.69, 9.17) is 14.9 Å². The Hall–Kier alpha value is -3.39. The number of nitrogens with two attached hydrogens (primary N) is 1. The average molecular weight is 409 g/mol. The third kappa shape index (κ3) is 3.99. The van der Waals surface area contributed by atoms with Crippen molar-refractivity contribution >= 4 is 22.8 Å². The van der Waals surface area contributed by atoms with Gasteiger partial charge in [0.05, 0.1) is 17.9 Å². The summed E-state index contributed by atoms with van der Waals surface area (Å²) in [5.41, 5.74) is 8.12. The van der Waals surface area contributed by atoms with Crippen molar-refractivity contribution in [3.63, 3.8) is 0 Å². The number of aryl methyl sites for hydroxylation is 1. The lowest BCUT2D eigenvalue weighted by Crippen LogP contribution is -2.46. The van der Waals surface area contributed by atoms with Crippen LogP contribution in [0.25, 0.3) is 11.0 Å². The molecular weight excluding hydrogens is 386 g/mol. The lowest BCUT2D eigenvalue weighted by Gasteiger charge is -2.12. The number of rotatable bonds is 8. The second-order valence-corrected chi connectivity index (χ2v) is 7.41. The number of nitrogens with zero attached hydrogens (tertiary/aromatic N) is 1. The molecule has 0 bridgehead atoms. The molecule has 1 atom stereocenters. The van der Waals surface area contributed by atoms with Crippen LogP contribution in [0.4, 0.5) is 0 Å². The quantitative estimate of drug-likeness (QED) is 0.523. The Kier molecular flexibility index (Phi) is 5.41. The summed E-state index contributed by atoms with van der Waals surface area (Å²) in [6.45, 7) is 1.45. The molecule has 30 heavy (non-hydrogen) atoms. The number of carbonyl (C=O) groups excluding carboxylic acids is 2. The highest BCUT2D eigenvalue weighted by Crippen LogP contribution is 2.40. The number of aliphatic hydroxyl groups excluding tert-OH is 1. The van der Waals surface area contributed by atoms with Crippen LogP contribution in [0, 0.1) is 6.92 Å². The summed E-state index contributed by atoms with van der Waals surface area (Å²) in [6.07, 6.45) is 4.11. The van der Waals surface area contributed by atoms with Gasteiger partial charge in [0.15, 0.2) is 0 Å². The van der Waals surface area contributed by atoms with Gasteiger partial charge in [-0.25, -0.2) is 0 Å². The number of benzene rings is 1.